The molecule has 2 aliphatic rings. The van der Waals surface area contributed by atoms with E-state index in [1.54, 1.807) is 32.2 Å². The third kappa shape index (κ3) is 3.85. The van der Waals surface area contributed by atoms with Gasteiger partial charge in [-0.2, -0.15) is 0 Å². The fourth-order valence-electron chi connectivity index (χ4n) is 4.56. The zero-order chi connectivity index (χ0) is 24.3. The van der Waals surface area contributed by atoms with Gasteiger partial charge in [-0.15, -0.1) is 0 Å². The van der Waals surface area contributed by atoms with E-state index >= 15 is 0 Å². The van der Waals surface area contributed by atoms with Crippen molar-refractivity contribution in [3.63, 3.8) is 0 Å². The van der Waals surface area contributed by atoms with Gasteiger partial charge in [0, 0.05) is 29.7 Å². The normalized spacial score (nSPS) is 20.4. The summed E-state index contributed by atoms with van der Waals surface area (Å²) in [5.74, 6) is -2.15. The first kappa shape index (κ1) is 22.5. The van der Waals surface area contributed by atoms with Gasteiger partial charge in [-0.3, -0.25) is 14.9 Å². The van der Waals surface area contributed by atoms with Crippen LogP contribution in [0.3, 0.4) is 0 Å². The zero-order valence-electron chi connectivity index (χ0n) is 19.0. The summed E-state index contributed by atoms with van der Waals surface area (Å²) in [4.78, 5) is 25.7. The number of ether oxygens (including phenoxy) is 2. The third-order valence-corrected chi connectivity index (χ3v) is 7.83. The molecule has 1 atom stereocenters. The molecule has 176 valence electrons. The second kappa shape index (κ2) is 7.90. The van der Waals surface area contributed by atoms with Crippen molar-refractivity contribution in [3.8, 4) is 0 Å². The first-order valence-electron chi connectivity index (χ1n) is 10.8. The SMILES string of the molecule is Cn1cc(C2=C(c3cccc(S(=O)(=O)CC4COC(C)(C)O4)c3)C(=O)NC2=O)c2ccccc21. The monoisotopic (exact) mass is 480 g/mol. The van der Waals surface area contributed by atoms with Crippen LogP contribution in [0.1, 0.15) is 25.0 Å². The standard InChI is InChI=1S/C25H24N2O6S/c1-25(2)32-13-16(33-25)14-34(30,31)17-8-6-7-15(11-17)21-22(24(29)26-23(21)28)19-12-27(3)20-10-5-4-9-18(19)20/h4-12,16H,13-14H2,1-3H3,(H,26,28,29). The molecule has 5 rings (SSSR count). The van der Waals surface area contributed by atoms with E-state index < -0.39 is 33.5 Å². The first-order valence-corrected chi connectivity index (χ1v) is 12.5. The molecule has 2 aromatic carbocycles. The number of carbonyl (C=O) groups is 2. The van der Waals surface area contributed by atoms with Gasteiger partial charge in [0.15, 0.2) is 15.6 Å². The Morgan fingerprint density at radius 3 is 2.53 bits per heavy atom. The molecular formula is C25H24N2O6S. The van der Waals surface area contributed by atoms with E-state index in [0.29, 0.717) is 11.1 Å². The maximum absolute atomic E-state index is 13.1. The van der Waals surface area contributed by atoms with Crippen LogP contribution in [0.25, 0.3) is 22.0 Å². The van der Waals surface area contributed by atoms with Crippen LogP contribution in [0, 0.1) is 0 Å². The lowest BCUT2D eigenvalue weighted by molar-refractivity contribution is -0.135. The zero-order valence-corrected chi connectivity index (χ0v) is 19.8. The Kier molecular flexibility index (Phi) is 5.23. The summed E-state index contributed by atoms with van der Waals surface area (Å²) in [6.45, 7) is 3.65. The van der Waals surface area contributed by atoms with Crippen molar-refractivity contribution < 1.29 is 27.5 Å². The topological polar surface area (TPSA) is 104 Å². The summed E-state index contributed by atoms with van der Waals surface area (Å²) in [6, 6.07) is 13.7. The summed E-state index contributed by atoms with van der Waals surface area (Å²) in [6.07, 6.45) is 1.21. The quantitative estimate of drug-likeness (QED) is 0.563. The lowest BCUT2D eigenvalue weighted by Crippen LogP contribution is -2.26. The van der Waals surface area contributed by atoms with Gasteiger partial charge < -0.3 is 14.0 Å². The number of rotatable bonds is 5. The van der Waals surface area contributed by atoms with E-state index in [0.717, 1.165) is 10.9 Å². The molecule has 1 saturated heterocycles. The fourth-order valence-corrected chi connectivity index (χ4v) is 6.00. The van der Waals surface area contributed by atoms with E-state index in [1.165, 1.54) is 12.1 Å². The van der Waals surface area contributed by atoms with Gasteiger partial charge in [0.05, 0.1) is 34.5 Å². The lowest BCUT2D eigenvalue weighted by atomic mass is 9.96. The van der Waals surface area contributed by atoms with E-state index in [9.17, 15) is 18.0 Å². The number of imide groups is 1. The van der Waals surface area contributed by atoms with Crippen LogP contribution in [-0.4, -0.2) is 49.1 Å². The molecule has 2 aliphatic heterocycles. The van der Waals surface area contributed by atoms with Gasteiger partial charge >= 0.3 is 0 Å². The molecule has 3 aromatic rings. The Balaban J connectivity index is 1.59. The molecule has 1 unspecified atom stereocenters. The van der Waals surface area contributed by atoms with Gasteiger partial charge in [-0.05, 0) is 37.6 Å². The highest BCUT2D eigenvalue weighted by Gasteiger charge is 2.37. The number of fused-ring (bicyclic) bond motifs is 1. The fraction of sp³-hybridized carbons (Fsp3) is 0.280. The van der Waals surface area contributed by atoms with Crippen LogP contribution in [0.5, 0.6) is 0 Å². The van der Waals surface area contributed by atoms with E-state index in [-0.39, 0.29) is 28.4 Å². The average Bonchev–Trinajstić information content (AvgIpc) is 3.39. The average molecular weight is 481 g/mol. The van der Waals surface area contributed by atoms with Crippen molar-refractivity contribution in [2.45, 2.75) is 30.6 Å². The highest BCUT2D eigenvalue weighted by molar-refractivity contribution is 7.91. The van der Waals surface area contributed by atoms with Crippen LogP contribution >= 0.6 is 0 Å². The Bertz CT molecular complexity index is 1480. The molecule has 8 nitrogen and oxygen atoms in total. The summed E-state index contributed by atoms with van der Waals surface area (Å²) < 4.78 is 39.3. The second-order valence-corrected chi connectivity index (χ2v) is 11.0. The smallest absolute Gasteiger partial charge is 0.259 e. The Labute approximate surface area is 197 Å². The maximum Gasteiger partial charge on any atom is 0.259 e. The molecule has 0 radical (unpaired) electrons. The number of para-hydroxylation sites is 1. The number of sulfone groups is 1. The summed E-state index contributed by atoms with van der Waals surface area (Å²) in [7, 11) is -1.87. The molecule has 0 saturated carbocycles. The minimum absolute atomic E-state index is 0.0511. The first-order chi connectivity index (χ1) is 16.1. The van der Waals surface area contributed by atoms with Gasteiger partial charge in [0.2, 0.25) is 0 Å². The van der Waals surface area contributed by atoms with Crippen LogP contribution in [0.15, 0.2) is 59.6 Å². The summed E-state index contributed by atoms with van der Waals surface area (Å²) >= 11 is 0. The molecule has 0 aliphatic carbocycles. The number of hydrogen-bond donors (Lipinski definition) is 1. The summed E-state index contributed by atoms with van der Waals surface area (Å²) in [5.41, 5.74) is 2.26. The number of carbonyl (C=O) groups excluding carboxylic acids is 2. The van der Waals surface area contributed by atoms with Crippen molar-refractivity contribution in [2.75, 3.05) is 12.4 Å². The van der Waals surface area contributed by atoms with Crippen molar-refractivity contribution in [2.24, 2.45) is 7.05 Å². The molecule has 3 heterocycles. The highest BCUT2D eigenvalue weighted by atomic mass is 32.2. The predicted octanol–water partition coefficient (Wildman–Crippen LogP) is 2.67. The number of aromatic nitrogens is 1. The van der Waals surface area contributed by atoms with Crippen molar-refractivity contribution in [1.29, 1.82) is 0 Å². The molecule has 2 amide bonds. The predicted molar refractivity (Wildman–Crippen MR) is 126 cm³/mol. The minimum Gasteiger partial charge on any atom is -0.350 e. The molecule has 1 fully saturated rings. The van der Waals surface area contributed by atoms with Crippen LogP contribution in [-0.2, 0) is 35.9 Å². The van der Waals surface area contributed by atoms with Crippen LogP contribution < -0.4 is 5.32 Å². The van der Waals surface area contributed by atoms with Crippen molar-refractivity contribution >= 4 is 43.7 Å². The van der Waals surface area contributed by atoms with Crippen LogP contribution in [0.4, 0.5) is 0 Å². The molecule has 9 heteroatoms. The second-order valence-electron chi connectivity index (χ2n) is 8.96. The molecular weight excluding hydrogens is 456 g/mol. The van der Waals surface area contributed by atoms with Crippen molar-refractivity contribution in [3.05, 3.63) is 65.9 Å². The number of nitrogens with zero attached hydrogens (tertiary/aromatic N) is 1. The number of benzene rings is 2. The molecule has 1 aromatic heterocycles. The number of nitrogens with one attached hydrogen (secondary N) is 1. The van der Waals surface area contributed by atoms with Crippen LogP contribution in [0.2, 0.25) is 0 Å². The lowest BCUT2D eigenvalue weighted by Gasteiger charge is -2.17. The molecule has 0 bridgehead atoms. The van der Waals surface area contributed by atoms with E-state index in [2.05, 4.69) is 5.32 Å². The molecule has 1 N–H and O–H groups in total. The van der Waals surface area contributed by atoms with E-state index in [1.807, 2.05) is 35.9 Å². The van der Waals surface area contributed by atoms with Gasteiger partial charge in [-0.25, -0.2) is 8.42 Å². The Hall–Kier alpha value is -3.27. The maximum atomic E-state index is 13.1. The third-order valence-electron chi connectivity index (χ3n) is 6.05. The van der Waals surface area contributed by atoms with Gasteiger partial charge in [0.1, 0.15) is 0 Å². The number of aryl methyl sites for hydroxylation is 1. The largest absolute Gasteiger partial charge is 0.350 e. The van der Waals surface area contributed by atoms with Gasteiger partial charge in [0.25, 0.3) is 11.8 Å². The molecule has 34 heavy (non-hydrogen) atoms. The number of hydrogen-bond acceptors (Lipinski definition) is 6. The Morgan fingerprint density at radius 2 is 1.79 bits per heavy atom. The highest BCUT2D eigenvalue weighted by Crippen LogP contribution is 2.36. The van der Waals surface area contributed by atoms with E-state index in [4.69, 9.17) is 9.47 Å². The number of amides is 2. The molecule has 0 spiro atoms. The van der Waals surface area contributed by atoms with Crippen molar-refractivity contribution in [1.82, 2.24) is 9.88 Å². The van der Waals surface area contributed by atoms with Gasteiger partial charge in [-0.1, -0.05) is 30.3 Å². The summed E-state index contributed by atoms with van der Waals surface area (Å²) in [5, 5.41) is 3.19. The minimum atomic E-state index is -3.74. The Morgan fingerprint density at radius 1 is 1.06 bits per heavy atom.